The Kier molecular flexibility index (Phi) is 4.48. The van der Waals surface area contributed by atoms with Gasteiger partial charge in [-0.3, -0.25) is 29.4 Å². The lowest BCUT2D eigenvalue weighted by atomic mass is 9.85. The van der Waals surface area contributed by atoms with E-state index in [0.29, 0.717) is 17.7 Å². The monoisotopic (exact) mass is 419 g/mol. The van der Waals surface area contributed by atoms with Crippen LogP contribution in [0.5, 0.6) is 0 Å². The van der Waals surface area contributed by atoms with Crippen molar-refractivity contribution >= 4 is 29.0 Å². The van der Waals surface area contributed by atoms with Crippen molar-refractivity contribution in [1.82, 2.24) is 4.90 Å². The Morgan fingerprint density at radius 2 is 1.77 bits per heavy atom. The van der Waals surface area contributed by atoms with Gasteiger partial charge in [0.1, 0.15) is 0 Å². The van der Waals surface area contributed by atoms with Crippen LogP contribution < -0.4 is 4.90 Å². The predicted octanol–water partition coefficient (Wildman–Crippen LogP) is 2.74. The number of aryl methyl sites for hydroxylation is 1. The van der Waals surface area contributed by atoms with E-state index >= 15 is 0 Å². The Bertz CT molecular complexity index is 1120. The standard InChI is InChI=1S/C23H21N3O5/c1-13-9-10-15(26(30)31)12-17(13)25-22(28)18-16-8-5-11-24(16)20(19(18)23(25)29)21(27)14-6-3-2-4-7-14/h2-4,6-7,9-10,12,16,18-20H,5,8,11H2,1H3/t16-,18+,19-,20+/m1/s1. The van der Waals surface area contributed by atoms with Gasteiger partial charge in [-0.2, -0.15) is 0 Å². The number of carbonyl (C=O) groups is 3. The molecular weight excluding hydrogens is 398 g/mol. The van der Waals surface area contributed by atoms with Crippen LogP contribution >= 0.6 is 0 Å². The first-order chi connectivity index (χ1) is 14.9. The van der Waals surface area contributed by atoms with E-state index in [2.05, 4.69) is 0 Å². The van der Waals surface area contributed by atoms with E-state index in [1.165, 1.54) is 18.2 Å². The van der Waals surface area contributed by atoms with E-state index in [0.717, 1.165) is 17.7 Å². The van der Waals surface area contributed by atoms with Gasteiger partial charge in [0.05, 0.1) is 28.5 Å². The molecule has 0 radical (unpaired) electrons. The molecule has 158 valence electrons. The fourth-order valence-corrected chi connectivity index (χ4v) is 5.48. The molecule has 3 aliphatic rings. The summed E-state index contributed by atoms with van der Waals surface area (Å²) in [5.74, 6) is -2.34. The first kappa shape index (κ1) is 19.6. The summed E-state index contributed by atoms with van der Waals surface area (Å²) in [5.41, 5.74) is 1.16. The highest BCUT2D eigenvalue weighted by Crippen LogP contribution is 2.49. The second kappa shape index (κ2) is 7.09. The number of nitro benzene ring substituents is 1. The molecule has 3 saturated heterocycles. The lowest BCUT2D eigenvalue weighted by molar-refractivity contribution is -0.384. The number of fused-ring (bicyclic) bond motifs is 3. The maximum absolute atomic E-state index is 13.6. The van der Waals surface area contributed by atoms with Crippen LogP contribution in [0.2, 0.25) is 0 Å². The van der Waals surface area contributed by atoms with Crippen molar-refractivity contribution in [2.45, 2.75) is 31.8 Å². The van der Waals surface area contributed by atoms with Gasteiger partial charge in [0.15, 0.2) is 5.78 Å². The van der Waals surface area contributed by atoms with Crippen molar-refractivity contribution in [3.05, 3.63) is 69.8 Å². The second-order valence-corrected chi connectivity index (χ2v) is 8.41. The minimum Gasteiger partial charge on any atom is -0.292 e. The van der Waals surface area contributed by atoms with Gasteiger partial charge in [-0.1, -0.05) is 36.4 Å². The van der Waals surface area contributed by atoms with Gasteiger partial charge in [-0.05, 0) is 31.9 Å². The summed E-state index contributed by atoms with van der Waals surface area (Å²) in [7, 11) is 0. The van der Waals surface area contributed by atoms with E-state index in [1.54, 1.807) is 31.2 Å². The van der Waals surface area contributed by atoms with Crippen molar-refractivity contribution < 1.29 is 19.3 Å². The summed E-state index contributed by atoms with van der Waals surface area (Å²) in [4.78, 5) is 54.3. The summed E-state index contributed by atoms with van der Waals surface area (Å²) >= 11 is 0. The molecule has 3 heterocycles. The zero-order valence-corrected chi connectivity index (χ0v) is 16.9. The molecule has 2 aromatic rings. The van der Waals surface area contributed by atoms with Gasteiger partial charge < -0.3 is 0 Å². The minimum atomic E-state index is -0.774. The minimum absolute atomic E-state index is 0.154. The Morgan fingerprint density at radius 3 is 2.48 bits per heavy atom. The summed E-state index contributed by atoms with van der Waals surface area (Å²) in [6, 6.07) is 12.1. The largest absolute Gasteiger partial charge is 0.292 e. The highest BCUT2D eigenvalue weighted by molar-refractivity contribution is 6.25. The number of benzene rings is 2. The number of nitrogens with zero attached hydrogens (tertiary/aromatic N) is 3. The molecule has 8 heteroatoms. The average Bonchev–Trinajstić information content (AvgIpc) is 3.41. The SMILES string of the molecule is Cc1ccc([N+](=O)[O-])cc1N1C(=O)[C@@H]2[C@@H](C1=O)[C@@H](C(=O)c1ccccc1)N1CCC[C@H]21. The number of carbonyl (C=O) groups excluding carboxylic acids is 3. The molecule has 2 amide bonds. The molecular formula is C23H21N3O5. The van der Waals surface area contributed by atoms with Crippen molar-refractivity contribution in [1.29, 1.82) is 0 Å². The Labute approximate surface area is 178 Å². The topological polar surface area (TPSA) is 101 Å². The average molecular weight is 419 g/mol. The normalized spacial score (nSPS) is 27.5. The molecule has 0 unspecified atom stereocenters. The first-order valence-corrected chi connectivity index (χ1v) is 10.4. The Morgan fingerprint density at radius 1 is 1.06 bits per heavy atom. The van der Waals surface area contributed by atoms with Gasteiger partial charge in [-0.25, -0.2) is 4.90 Å². The fourth-order valence-electron chi connectivity index (χ4n) is 5.48. The van der Waals surface area contributed by atoms with Gasteiger partial charge in [0.2, 0.25) is 11.8 Å². The quantitative estimate of drug-likeness (QED) is 0.327. The third-order valence-corrected chi connectivity index (χ3v) is 6.82. The van der Waals surface area contributed by atoms with Gasteiger partial charge in [-0.15, -0.1) is 0 Å². The molecule has 0 aromatic heterocycles. The number of anilines is 1. The first-order valence-electron chi connectivity index (χ1n) is 10.4. The van der Waals surface area contributed by atoms with Crippen LogP contribution in [0.25, 0.3) is 0 Å². The van der Waals surface area contributed by atoms with Crippen LogP contribution in [0.15, 0.2) is 48.5 Å². The molecule has 0 aliphatic carbocycles. The Balaban J connectivity index is 1.58. The third kappa shape index (κ3) is 2.82. The molecule has 0 N–H and O–H groups in total. The number of Topliss-reactive ketones (excluding diaryl/α,β-unsaturated/α-hetero) is 1. The summed E-state index contributed by atoms with van der Waals surface area (Å²) in [6.07, 6.45) is 1.62. The fraction of sp³-hybridized carbons (Fsp3) is 0.348. The molecule has 0 spiro atoms. The second-order valence-electron chi connectivity index (χ2n) is 8.41. The number of non-ortho nitro benzene ring substituents is 1. The van der Waals surface area contributed by atoms with Crippen molar-refractivity contribution in [3.8, 4) is 0 Å². The van der Waals surface area contributed by atoms with Crippen molar-refractivity contribution in [3.63, 3.8) is 0 Å². The van der Waals surface area contributed by atoms with Gasteiger partial charge in [0, 0.05) is 23.7 Å². The number of imide groups is 1. The van der Waals surface area contributed by atoms with Crippen LogP contribution in [0.3, 0.4) is 0 Å². The number of amides is 2. The highest BCUT2D eigenvalue weighted by atomic mass is 16.6. The lowest BCUT2D eigenvalue weighted by Gasteiger charge is -2.28. The smallest absolute Gasteiger partial charge is 0.271 e. The molecule has 0 bridgehead atoms. The van der Waals surface area contributed by atoms with Crippen LogP contribution in [-0.2, 0) is 9.59 Å². The molecule has 3 fully saturated rings. The van der Waals surface area contributed by atoms with E-state index in [1.807, 2.05) is 11.0 Å². The van der Waals surface area contributed by atoms with E-state index in [4.69, 9.17) is 0 Å². The zero-order valence-electron chi connectivity index (χ0n) is 16.9. The van der Waals surface area contributed by atoms with Crippen molar-refractivity contribution in [2.24, 2.45) is 11.8 Å². The maximum Gasteiger partial charge on any atom is 0.271 e. The van der Waals surface area contributed by atoms with Crippen LogP contribution in [0.1, 0.15) is 28.8 Å². The number of rotatable bonds is 4. The van der Waals surface area contributed by atoms with Gasteiger partial charge >= 0.3 is 0 Å². The third-order valence-electron chi connectivity index (χ3n) is 6.82. The molecule has 31 heavy (non-hydrogen) atoms. The van der Waals surface area contributed by atoms with Crippen molar-refractivity contribution in [2.75, 3.05) is 11.4 Å². The Hall–Kier alpha value is -3.39. The highest BCUT2D eigenvalue weighted by Gasteiger charge is 2.64. The molecule has 4 atom stereocenters. The lowest BCUT2D eigenvalue weighted by Crippen LogP contribution is -2.46. The molecule has 0 saturated carbocycles. The summed E-state index contributed by atoms with van der Waals surface area (Å²) in [5, 5.41) is 11.3. The number of hydrogen-bond donors (Lipinski definition) is 0. The maximum atomic E-state index is 13.6. The van der Waals surface area contributed by atoms with E-state index in [9.17, 15) is 24.5 Å². The van der Waals surface area contributed by atoms with Crippen LogP contribution in [0.4, 0.5) is 11.4 Å². The molecule has 8 nitrogen and oxygen atoms in total. The molecule has 2 aromatic carbocycles. The van der Waals surface area contributed by atoms with Crippen LogP contribution in [-0.4, -0.2) is 46.0 Å². The predicted molar refractivity (Wildman–Crippen MR) is 112 cm³/mol. The number of ketones is 1. The van der Waals surface area contributed by atoms with E-state index < -0.39 is 28.7 Å². The molecule has 3 aliphatic heterocycles. The van der Waals surface area contributed by atoms with E-state index in [-0.39, 0.29) is 29.1 Å². The summed E-state index contributed by atoms with van der Waals surface area (Å²) < 4.78 is 0. The zero-order chi connectivity index (χ0) is 21.9. The number of hydrogen-bond acceptors (Lipinski definition) is 6. The number of nitro groups is 1. The molecule has 5 rings (SSSR count). The van der Waals surface area contributed by atoms with Gasteiger partial charge in [0.25, 0.3) is 5.69 Å². The van der Waals surface area contributed by atoms with Crippen LogP contribution in [0, 0.1) is 28.9 Å². The summed E-state index contributed by atoms with van der Waals surface area (Å²) in [6.45, 7) is 2.39.